The van der Waals surface area contributed by atoms with Crippen LogP contribution in [-0.2, 0) is 4.79 Å². The molecule has 18 heavy (non-hydrogen) atoms. The van der Waals surface area contributed by atoms with Crippen molar-refractivity contribution >= 4 is 23.2 Å². The Balaban J connectivity index is 2.18. The number of carbonyl (C=O) groups excluding carboxylic acids is 1. The molecule has 1 aliphatic rings. The molecule has 2 rings (SSSR count). The number of aromatic nitrogens is 1. The normalized spacial score (nSPS) is 23.4. The summed E-state index contributed by atoms with van der Waals surface area (Å²) in [6, 6.07) is 0. The highest BCUT2D eigenvalue weighted by molar-refractivity contribution is 7.11. The molecule has 0 radical (unpaired) electrons. The number of carboxylic acids is 1. The molecule has 1 N–H and O–H groups in total. The molecule has 1 atom stereocenters. The van der Waals surface area contributed by atoms with E-state index in [4.69, 9.17) is 5.11 Å². The highest BCUT2D eigenvalue weighted by Gasteiger charge is 2.42. The van der Waals surface area contributed by atoms with Crippen LogP contribution in [0.25, 0.3) is 0 Å². The van der Waals surface area contributed by atoms with Crippen molar-refractivity contribution in [2.24, 2.45) is 5.41 Å². The monoisotopic (exact) mass is 268 g/mol. The van der Waals surface area contributed by atoms with Crippen LogP contribution in [0.2, 0.25) is 0 Å². The van der Waals surface area contributed by atoms with Gasteiger partial charge in [0.1, 0.15) is 5.69 Å². The summed E-state index contributed by atoms with van der Waals surface area (Å²) in [6.45, 7) is 6.15. The van der Waals surface area contributed by atoms with Crippen molar-refractivity contribution < 1.29 is 14.7 Å². The zero-order chi connectivity index (χ0) is 13.5. The summed E-state index contributed by atoms with van der Waals surface area (Å²) in [4.78, 5) is 30.1. The number of carboxylic acid groups (broad SMARTS) is 1. The lowest BCUT2D eigenvalue weighted by molar-refractivity contribution is -0.147. The number of nitrogens with zero attached hydrogens (tertiary/aromatic N) is 2. The second-order valence-electron chi connectivity index (χ2n) is 4.98. The topological polar surface area (TPSA) is 70.5 Å². The molecule has 0 spiro atoms. The number of aliphatic carboxylic acids is 1. The molecular formula is C12H16N2O3S. The van der Waals surface area contributed by atoms with E-state index in [-0.39, 0.29) is 12.5 Å². The first kappa shape index (κ1) is 13.0. The molecule has 5 nitrogen and oxygen atoms in total. The van der Waals surface area contributed by atoms with Gasteiger partial charge in [-0.1, -0.05) is 0 Å². The lowest BCUT2D eigenvalue weighted by atomic mass is 9.90. The van der Waals surface area contributed by atoms with Crippen LogP contribution in [0.15, 0.2) is 0 Å². The minimum atomic E-state index is -0.844. The van der Waals surface area contributed by atoms with Gasteiger partial charge < -0.3 is 10.0 Å². The van der Waals surface area contributed by atoms with Crippen LogP contribution in [0.5, 0.6) is 0 Å². The Labute approximate surface area is 109 Å². The first-order valence-corrected chi connectivity index (χ1v) is 6.62. The van der Waals surface area contributed by atoms with Gasteiger partial charge in [0, 0.05) is 18.0 Å². The predicted octanol–water partition coefficient (Wildman–Crippen LogP) is 1.70. The predicted molar refractivity (Wildman–Crippen MR) is 67.9 cm³/mol. The van der Waals surface area contributed by atoms with Crippen LogP contribution in [0, 0.1) is 19.3 Å². The lowest BCUT2D eigenvalue weighted by Crippen LogP contribution is -2.35. The van der Waals surface area contributed by atoms with E-state index in [9.17, 15) is 9.59 Å². The van der Waals surface area contributed by atoms with Gasteiger partial charge in [-0.05, 0) is 27.2 Å². The van der Waals surface area contributed by atoms with E-state index in [2.05, 4.69) is 4.98 Å². The van der Waals surface area contributed by atoms with Gasteiger partial charge >= 0.3 is 5.97 Å². The van der Waals surface area contributed by atoms with E-state index in [1.165, 1.54) is 11.3 Å². The molecule has 1 aliphatic heterocycles. The van der Waals surface area contributed by atoms with Crippen LogP contribution in [-0.4, -0.2) is 40.0 Å². The number of rotatable bonds is 2. The quantitative estimate of drug-likeness (QED) is 0.886. The van der Waals surface area contributed by atoms with Crippen LogP contribution in [0.3, 0.4) is 0 Å². The molecule has 0 saturated carbocycles. The molecule has 1 saturated heterocycles. The maximum absolute atomic E-state index is 12.3. The fraction of sp³-hybridized carbons (Fsp3) is 0.583. The number of aryl methyl sites for hydroxylation is 2. The molecule has 0 aromatic carbocycles. The maximum Gasteiger partial charge on any atom is 0.311 e. The molecule has 98 valence electrons. The number of hydrogen-bond acceptors (Lipinski definition) is 4. The standard InChI is InChI=1S/C12H16N2O3S/c1-7-9(13-8(2)18-7)10(15)14-5-4-12(3,6-14)11(16)17/h4-6H2,1-3H3,(H,16,17). The average Bonchev–Trinajstić information content (AvgIpc) is 2.82. The molecule has 1 unspecified atom stereocenters. The molecule has 1 amide bonds. The number of likely N-dealkylation sites (tertiary alicyclic amines) is 1. The third-order valence-electron chi connectivity index (χ3n) is 3.38. The molecule has 0 aliphatic carbocycles. The van der Waals surface area contributed by atoms with E-state index >= 15 is 0 Å². The summed E-state index contributed by atoms with van der Waals surface area (Å²) in [7, 11) is 0. The summed E-state index contributed by atoms with van der Waals surface area (Å²) in [5, 5.41) is 10.0. The number of carbonyl (C=O) groups is 2. The van der Waals surface area contributed by atoms with Gasteiger partial charge in [0.2, 0.25) is 0 Å². The lowest BCUT2D eigenvalue weighted by Gasteiger charge is -2.19. The Morgan fingerprint density at radius 1 is 1.44 bits per heavy atom. The van der Waals surface area contributed by atoms with Crippen molar-refractivity contribution in [3.05, 3.63) is 15.6 Å². The molecule has 2 heterocycles. The largest absolute Gasteiger partial charge is 0.481 e. The SMILES string of the molecule is Cc1nc(C(=O)N2CCC(C)(C(=O)O)C2)c(C)s1. The minimum Gasteiger partial charge on any atom is -0.481 e. The smallest absolute Gasteiger partial charge is 0.311 e. The Morgan fingerprint density at radius 3 is 2.56 bits per heavy atom. The van der Waals surface area contributed by atoms with Crippen molar-refractivity contribution in [3.8, 4) is 0 Å². The molecule has 1 fully saturated rings. The van der Waals surface area contributed by atoms with Gasteiger partial charge in [0.25, 0.3) is 5.91 Å². The highest BCUT2D eigenvalue weighted by atomic mass is 32.1. The van der Waals surface area contributed by atoms with Crippen LogP contribution in [0.1, 0.15) is 33.7 Å². The van der Waals surface area contributed by atoms with Crippen molar-refractivity contribution in [2.75, 3.05) is 13.1 Å². The molecule has 6 heteroatoms. The highest BCUT2D eigenvalue weighted by Crippen LogP contribution is 2.31. The summed E-state index contributed by atoms with van der Waals surface area (Å²) in [6.07, 6.45) is 0.496. The van der Waals surface area contributed by atoms with Gasteiger partial charge in [-0.15, -0.1) is 11.3 Å². The summed E-state index contributed by atoms with van der Waals surface area (Å²) in [5.74, 6) is -0.995. The van der Waals surface area contributed by atoms with Gasteiger partial charge in [-0.2, -0.15) is 0 Å². The van der Waals surface area contributed by atoms with Crippen molar-refractivity contribution in [1.29, 1.82) is 0 Å². The minimum absolute atomic E-state index is 0.151. The van der Waals surface area contributed by atoms with Gasteiger partial charge in [-0.3, -0.25) is 9.59 Å². The number of hydrogen-bond donors (Lipinski definition) is 1. The van der Waals surface area contributed by atoms with E-state index in [1.54, 1.807) is 11.8 Å². The Morgan fingerprint density at radius 2 is 2.11 bits per heavy atom. The van der Waals surface area contributed by atoms with E-state index in [1.807, 2.05) is 13.8 Å². The van der Waals surface area contributed by atoms with E-state index in [0.717, 1.165) is 9.88 Å². The van der Waals surface area contributed by atoms with Crippen LogP contribution in [0.4, 0.5) is 0 Å². The first-order chi connectivity index (χ1) is 8.33. The third kappa shape index (κ3) is 2.12. The zero-order valence-corrected chi connectivity index (χ0v) is 11.5. The van der Waals surface area contributed by atoms with Crippen molar-refractivity contribution in [2.45, 2.75) is 27.2 Å². The summed E-state index contributed by atoms with van der Waals surface area (Å²) in [5.41, 5.74) is -0.360. The van der Waals surface area contributed by atoms with Gasteiger partial charge in [-0.25, -0.2) is 4.98 Å². The summed E-state index contributed by atoms with van der Waals surface area (Å²) < 4.78 is 0. The second kappa shape index (κ2) is 4.35. The number of amides is 1. The van der Waals surface area contributed by atoms with Crippen molar-refractivity contribution in [3.63, 3.8) is 0 Å². The fourth-order valence-corrected chi connectivity index (χ4v) is 3.00. The van der Waals surface area contributed by atoms with E-state index in [0.29, 0.717) is 18.7 Å². The molecule has 0 bridgehead atoms. The third-order valence-corrected chi connectivity index (χ3v) is 4.27. The number of thiazole rings is 1. The Kier molecular flexibility index (Phi) is 3.14. The zero-order valence-electron chi connectivity index (χ0n) is 10.7. The maximum atomic E-state index is 12.3. The Bertz CT molecular complexity index is 511. The Hall–Kier alpha value is -1.43. The van der Waals surface area contributed by atoms with Crippen molar-refractivity contribution in [1.82, 2.24) is 9.88 Å². The van der Waals surface area contributed by atoms with E-state index < -0.39 is 11.4 Å². The van der Waals surface area contributed by atoms with Gasteiger partial charge in [0.15, 0.2) is 0 Å². The fourth-order valence-electron chi connectivity index (χ4n) is 2.19. The summed E-state index contributed by atoms with van der Waals surface area (Å²) >= 11 is 1.49. The first-order valence-electron chi connectivity index (χ1n) is 5.80. The van der Waals surface area contributed by atoms with Gasteiger partial charge in [0.05, 0.1) is 10.4 Å². The van der Waals surface area contributed by atoms with Crippen LogP contribution < -0.4 is 0 Å². The second-order valence-corrected chi connectivity index (χ2v) is 6.39. The van der Waals surface area contributed by atoms with Crippen LogP contribution >= 0.6 is 11.3 Å². The average molecular weight is 268 g/mol. The molecule has 1 aromatic heterocycles. The molecule has 1 aromatic rings. The molecular weight excluding hydrogens is 252 g/mol.